The molecule has 0 heterocycles. The third kappa shape index (κ3) is 3.34. The van der Waals surface area contributed by atoms with Crippen molar-refractivity contribution in [3.05, 3.63) is 35.9 Å². The fourth-order valence-electron chi connectivity index (χ4n) is 2.11. The number of phenols is 1. The molecule has 0 radical (unpaired) electrons. The van der Waals surface area contributed by atoms with Gasteiger partial charge in [0.15, 0.2) is 0 Å². The first-order valence-electron chi connectivity index (χ1n) is 6.09. The molecule has 1 atom stereocenters. The second-order valence-corrected chi connectivity index (χ2v) is 4.55. The molecule has 100 valence electrons. The summed E-state index contributed by atoms with van der Waals surface area (Å²) in [6.45, 7) is 0. The number of hydrogen-bond donors (Lipinski definition) is 3. The van der Waals surface area contributed by atoms with Crippen LogP contribution in [0.4, 0.5) is 5.69 Å². The van der Waals surface area contributed by atoms with E-state index >= 15 is 0 Å². The molecule has 1 aromatic rings. The first-order valence-corrected chi connectivity index (χ1v) is 6.09. The lowest BCUT2D eigenvalue weighted by molar-refractivity contribution is -0.116. The number of hydrogen-bond acceptors (Lipinski definition) is 3. The average Bonchev–Trinajstić information content (AvgIpc) is 2.81. The highest BCUT2D eigenvalue weighted by atomic mass is 16.4. The molecule has 1 aliphatic carbocycles. The van der Waals surface area contributed by atoms with Gasteiger partial charge in [-0.05, 0) is 30.9 Å². The van der Waals surface area contributed by atoms with Crippen LogP contribution in [0.25, 0.3) is 0 Å². The molecule has 1 aliphatic rings. The van der Waals surface area contributed by atoms with E-state index in [-0.39, 0.29) is 23.1 Å². The predicted octanol–water partition coefficient (Wildman–Crippen LogP) is 2.39. The number of aromatic carboxylic acids is 1. The van der Waals surface area contributed by atoms with Crippen molar-refractivity contribution < 1.29 is 19.8 Å². The van der Waals surface area contributed by atoms with E-state index in [4.69, 9.17) is 5.11 Å². The van der Waals surface area contributed by atoms with Gasteiger partial charge in [0.25, 0.3) is 0 Å². The Morgan fingerprint density at radius 3 is 2.74 bits per heavy atom. The minimum atomic E-state index is -1.20. The summed E-state index contributed by atoms with van der Waals surface area (Å²) >= 11 is 0. The maximum absolute atomic E-state index is 11.8. The van der Waals surface area contributed by atoms with Crippen molar-refractivity contribution in [3.8, 4) is 5.75 Å². The molecule has 1 amide bonds. The third-order valence-corrected chi connectivity index (χ3v) is 3.07. The highest BCUT2D eigenvalue weighted by Crippen LogP contribution is 2.24. The summed E-state index contributed by atoms with van der Waals surface area (Å²) in [5, 5.41) is 20.9. The normalized spacial score (nSPS) is 17.4. The van der Waals surface area contributed by atoms with Crippen LogP contribution in [0.3, 0.4) is 0 Å². The van der Waals surface area contributed by atoms with Gasteiger partial charge in [0.1, 0.15) is 11.3 Å². The van der Waals surface area contributed by atoms with E-state index in [2.05, 4.69) is 11.4 Å². The highest BCUT2D eigenvalue weighted by molar-refractivity contribution is 5.94. The number of anilines is 1. The average molecular weight is 261 g/mol. The number of nitrogens with one attached hydrogen (secondary N) is 1. The Morgan fingerprint density at radius 2 is 2.16 bits per heavy atom. The van der Waals surface area contributed by atoms with E-state index in [1.165, 1.54) is 18.2 Å². The number of carboxylic acids is 1. The van der Waals surface area contributed by atoms with Gasteiger partial charge in [-0.1, -0.05) is 12.2 Å². The predicted molar refractivity (Wildman–Crippen MR) is 70.2 cm³/mol. The minimum Gasteiger partial charge on any atom is -0.507 e. The molecular formula is C14H15NO4. The standard InChI is InChI=1S/C14H15NO4/c16-12-8-10(5-6-11(12)14(18)19)15-13(17)7-9-3-1-2-4-9/h1,3,5-6,8-9,16H,2,4,7H2,(H,15,17)(H,18,19)/t9-/m1/s1. The van der Waals surface area contributed by atoms with Gasteiger partial charge >= 0.3 is 5.97 Å². The Balaban J connectivity index is 1.98. The van der Waals surface area contributed by atoms with Crippen LogP contribution < -0.4 is 5.32 Å². The summed E-state index contributed by atoms with van der Waals surface area (Å²) < 4.78 is 0. The van der Waals surface area contributed by atoms with Crippen LogP contribution in [0, 0.1) is 5.92 Å². The van der Waals surface area contributed by atoms with E-state index in [0.29, 0.717) is 12.1 Å². The Labute approximate surface area is 110 Å². The van der Waals surface area contributed by atoms with Crippen molar-refractivity contribution in [2.75, 3.05) is 5.32 Å². The first kappa shape index (κ1) is 13.1. The molecule has 1 aromatic carbocycles. The van der Waals surface area contributed by atoms with Gasteiger partial charge in [-0.3, -0.25) is 4.79 Å². The van der Waals surface area contributed by atoms with Crippen LogP contribution in [0.1, 0.15) is 29.6 Å². The third-order valence-electron chi connectivity index (χ3n) is 3.07. The number of aromatic hydroxyl groups is 1. The molecule has 0 unspecified atom stereocenters. The van der Waals surface area contributed by atoms with Crippen molar-refractivity contribution in [1.29, 1.82) is 0 Å². The number of rotatable bonds is 4. The number of carboxylic acid groups (broad SMARTS) is 1. The molecule has 0 aliphatic heterocycles. The summed E-state index contributed by atoms with van der Waals surface area (Å²) in [5.74, 6) is -1.43. The zero-order chi connectivity index (χ0) is 13.8. The number of amides is 1. The quantitative estimate of drug-likeness (QED) is 0.726. The molecule has 0 saturated carbocycles. The van der Waals surface area contributed by atoms with E-state index in [9.17, 15) is 14.7 Å². The van der Waals surface area contributed by atoms with Gasteiger partial charge < -0.3 is 15.5 Å². The second kappa shape index (κ2) is 5.56. The fraction of sp³-hybridized carbons (Fsp3) is 0.286. The largest absolute Gasteiger partial charge is 0.507 e. The van der Waals surface area contributed by atoms with Crippen molar-refractivity contribution in [3.63, 3.8) is 0 Å². The highest BCUT2D eigenvalue weighted by Gasteiger charge is 2.15. The minimum absolute atomic E-state index is 0.140. The molecule has 3 N–H and O–H groups in total. The summed E-state index contributed by atoms with van der Waals surface area (Å²) in [6.07, 6.45) is 6.48. The molecular weight excluding hydrogens is 246 g/mol. The van der Waals surface area contributed by atoms with Crippen molar-refractivity contribution in [2.45, 2.75) is 19.3 Å². The van der Waals surface area contributed by atoms with Gasteiger partial charge in [0.2, 0.25) is 5.91 Å². The SMILES string of the molecule is O=C(C[C@@H]1C=CCC1)Nc1ccc(C(=O)O)c(O)c1. The number of carbonyl (C=O) groups excluding carboxylic acids is 1. The second-order valence-electron chi connectivity index (χ2n) is 4.55. The molecule has 0 bridgehead atoms. The van der Waals surface area contributed by atoms with Crippen LogP contribution in [0.15, 0.2) is 30.4 Å². The van der Waals surface area contributed by atoms with Gasteiger partial charge in [-0.15, -0.1) is 0 Å². The fourth-order valence-corrected chi connectivity index (χ4v) is 2.11. The topological polar surface area (TPSA) is 86.6 Å². The van der Waals surface area contributed by atoms with Crippen molar-refractivity contribution in [2.24, 2.45) is 5.92 Å². The molecule has 0 fully saturated rings. The van der Waals surface area contributed by atoms with Crippen LogP contribution in [-0.4, -0.2) is 22.1 Å². The zero-order valence-corrected chi connectivity index (χ0v) is 10.3. The molecule has 0 spiro atoms. The lowest BCUT2D eigenvalue weighted by Gasteiger charge is -2.09. The van der Waals surface area contributed by atoms with Gasteiger partial charge in [-0.2, -0.15) is 0 Å². The summed E-state index contributed by atoms with van der Waals surface area (Å²) in [6, 6.07) is 3.97. The summed E-state index contributed by atoms with van der Waals surface area (Å²) in [5.41, 5.74) is 0.214. The van der Waals surface area contributed by atoms with Gasteiger partial charge in [0.05, 0.1) is 0 Å². The van der Waals surface area contributed by atoms with Gasteiger partial charge in [0, 0.05) is 18.2 Å². The number of carbonyl (C=O) groups is 2. The monoisotopic (exact) mass is 261 g/mol. The maximum Gasteiger partial charge on any atom is 0.339 e. The van der Waals surface area contributed by atoms with Crippen LogP contribution in [0.5, 0.6) is 5.75 Å². The lowest BCUT2D eigenvalue weighted by Crippen LogP contribution is -2.14. The smallest absolute Gasteiger partial charge is 0.339 e. The van der Waals surface area contributed by atoms with E-state index < -0.39 is 5.97 Å². The zero-order valence-electron chi connectivity index (χ0n) is 10.3. The van der Waals surface area contributed by atoms with Crippen molar-refractivity contribution in [1.82, 2.24) is 0 Å². The maximum atomic E-state index is 11.8. The van der Waals surface area contributed by atoms with E-state index in [1.54, 1.807) is 0 Å². The Bertz CT molecular complexity index is 536. The van der Waals surface area contributed by atoms with Crippen LogP contribution in [-0.2, 0) is 4.79 Å². The lowest BCUT2D eigenvalue weighted by atomic mass is 10.0. The molecule has 0 aromatic heterocycles. The number of benzene rings is 1. The Morgan fingerprint density at radius 1 is 1.37 bits per heavy atom. The van der Waals surface area contributed by atoms with Crippen LogP contribution in [0.2, 0.25) is 0 Å². The molecule has 0 saturated heterocycles. The van der Waals surface area contributed by atoms with Crippen LogP contribution >= 0.6 is 0 Å². The van der Waals surface area contributed by atoms with Crippen molar-refractivity contribution >= 4 is 17.6 Å². The van der Waals surface area contributed by atoms with E-state index in [0.717, 1.165) is 12.8 Å². The molecule has 5 nitrogen and oxygen atoms in total. The van der Waals surface area contributed by atoms with E-state index in [1.807, 2.05) is 6.08 Å². The molecule has 5 heteroatoms. The number of allylic oxidation sites excluding steroid dienone is 2. The summed E-state index contributed by atoms with van der Waals surface area (Å²) in [4.78, 5) is 22.5. The summed E-state index contributed by atoms with van der Waals surface area (Å²) in [7, 11) is 0. The molecule has 2 rings (SSSR count). The first-order chi connectivity index (χ1) is 9.06. The Hall–Kier alpha value is -2.30. The van der Waals surface area contributed by atoms with Gasteiger partial charge in [-0.25, -0.2) is 4.79 Å². The Kier molecular flexibility index (Phi) is 3.85. The molecule has 19 heavy (non-hydrogen) atoms.